The number of thiocarbonyl (C=S) groups is 1. The Hall–Kier alpha value is -4.24. The van der Waals surface area contributed by atoms with Crippen molar-refractivity contribution < 1.29 is 9.66 Å². The molecular weight excluding hydrogens is 486 g/mol. The molecule has 8 nitrogen and oxygen atoms in total. The van der Waals surface area contributed by atoms with Crippen molar-refractivity contribution in [3.8, 4) is 11.4 Å². The number of aromatic nitrogens is 2. The predicted molar refractivity (Wildman–Crippen MR) is 148 cm³/mol. The van der Waals surface area contributed by atoms with E-state index >= 15 is 0 Å². The zero-order valence-corrected chi connectivity index (χ0v) is 21.8. The number of pyridine rings is 1. The quantitative estimate of drug-likeness (QED) is 0.195. The van der Waals surface area contributed by atoms with Crippen LogP contribution in [0.4, 0.5) is 11.4 Å². The average Bonchev–Trinajstić information content (AvgIpc) is 3.39. The molecule has 0 radical (unpaired) electrons. The number of anilines is 1. The van der Waals surface area contributed by atoms with E-state index in [-0.39, 0.29) is 22.7 Å². The van der Waals surface area contributed by atoms with Crippen LogP contribution in [0.5, 0.6) is 5.75 Å². The Morgan fingerprint density at radius 3 is 2.54 bits per heavy atom. The molecule has 4 aromatic rings. The van der Waals surface area contributed by atoms with Gasteiger partial charge in [0.05, 0.1) is 35.9 Å². The van der Waals surface area contributed by atoms with E-state index < -0.39 is 0 Å². The number of rotatable bonds is 6. The normalized spacial score (nSPS) is 17.1. The molecular formula is C28H27N5O3S. The Bertz CT molecular complexity index is 1500. The van der Waals surface area contributed by atoms with Crippen LogP contribution >= 0.6 is 12.2 Å². The van der Waals surface area contributed by atoms with E-state index in [0.717, 1.165) is 33.9 Å². The Morgan fingerprint density at radius 2 is 1.86 bits per heavy atom. The molecule has 0 unspecified atom stereocenters. The number of aryl methyl sites for hydroxylation is 2. The molecule has 1 aliphatic heterocycles. The maximum atomic E-state index is 12.0. The largest absolute Gasteiger partial charge is 0.496 e. The van der Waals surface area contributed by atoms with Gasteiger partial charge in [0.25, 0.3) is 5.69 Å². The minimum Gasteiger partial charge on any atom is -0.496 e. The van der Waals surface area contributed by atoms with Gasteiger partial charge < -0.3 is 19.5 Å². The number of nitro benzene ring substituents is 1. The van der Waals surface area contributed by atoms with Crippen molar-refractivity contribution >= 4 is 28.7 Å². The van der Waals surface area contributed by atoms with Crippen molar-refractivity contribution in [3.05, 3.63) is 111 Å². The van der Waals surface area contributed by atoms with Crippen molar-refractivity contribution in [3.63, 3.8) is 0 Å². The van der Waals surface area contributed by atoms with Crippen LogP contribution in [0.1, 0.15) is 40.3 Å². The van der Waals surface area contributed by atoms with Crippen LogP contribution in [0.25, 0.3) is 5.69 Å². The summed E-state index contributed by atoms with van der Waals surface area (Å²) in [4.78, 5) is 18.4. The minimum absolute atomic E-state index is 0.0235. The summed E-state index contributed by atoms with van der Waals surface area (Å²) in [5.74, 6) is 0.435. The molecule has 0 aliphatic carbocycles. The molecule has 3 heterocycles. The van der Waals surface area contributed by atoms with Crippen molar-refractivity contribution in [2.45, 2.75) is 32.9 Å². The molecule has 0 amide bonds. The van der Waals surface area contributed by atoms with Crippen molar-refractivity contribution in [2.24, 2.45) is 0 Å². The first-order chi connectivity index (χ1) is 17.8. The molecule has 1 fully saturated rings. The zero-order valence-electron chi connectivity index (χ0n) is 21.0. The van der Waals surface area contributed by atoms with E-state index in [2.05, 4.69) is 40.3 Å². The van der Waals surface area contributed by atoms with Crippen molar-refractivity contribution in [1.82, 2.24) is 14.9 Å². The monoisotopic (exact) mass is 513 g/mol. The first kappa shape index (κ1) is 24.5. The SMILES string of the molecule is COc1ccc(-n2c(C)cc([C@H]3[C@H](c4ccccn4)NC(=S)N3c3cccc(C)c3)c2C)c([N+](=O)[O-])c1. The third kappa shape index (κ3) is 4.31. The second-order valence-electron chi connectivity index (χ2n) is 9.11. The van der Waals surface area contributed by atoms with E-state index in [9.17, 15) is 10.1 Å². The smallest absolute Gasteiger partial charge is 0.296 e. The van der Waals surface area contributed by atoms with Gasteiger partial charge in [0, 0.05) is 23.3 Å². The minimum atomic E-state index is -0.377. The van der Waals surface area contributed by atoms with E-state index in [1.807, 2.05) is 48.7 Å². The lowest BCUT2D eigenvalue weighted by Crippen LogP contribution is -2.29. The Morgan fingerprint density at radius 1 is 1.05 bits per heavy atom. The van der Waals surface area contributed by atoms with Crippen LogP contribution in [-0.2, 0) is 0 Å². The number of ether oxygens (including phenoxy) is 1. The van der Waals surface area contributed by atoms with Crippen LogP contribution in [0.2, 0.25) is 0 Å². The number of methoxy groups -OCH3 is 1. The Balaban J connectivity index is 1.71. The highest BCUT2D eigenvalue weighted by molar-refractivity contribution is 7.80. The van der Waals surface area contributed by atoms with Crippen molar-refractivity contribution in [1.29, 1.82) is 0 Å². The summed E-state index contributed by atoms with van der Waals surface area (Å²) in [5.41, 5.74) is 6.20. The maximum Gasteiger partial charge on any atom is 0.296 e. The molecule has 188 valence electrons. The van der Waals surface area contributed by atoms with E-state index in [1.54, 1.807) is 18.3 Å². The standard InChI is InChI=1S/C28H27N5O3S/c1-17-8-7-9-20(14-17)32-27(26(30-28(32)37)23-10-5-6-13-29-23)22-15-18(2)31(19(22)3)24-12-11-21(36-4)16-25(24)33(34)35/h5-16,26-27H,1-4H3,(H,30,37)/t26-,27-/m0/s1. The first-order valence-corrected chi connectivity index (χ1v) is 12.3. The number of benzene rings is 2. The molecule has 1 N–H and O–H groups in total. The van der Waals surface area contributed by atoms with Crippen LogP contribution in [0, 0.1) is 30.9 Å². The van der Waals surface area contributed by atoms with Crippen LogP contribution in [-0.4, -0.2) is 26.7 Å². The molecule has 2 atom stereocenters. The van der Waals surface area contributed by atoms with Gasteiger partial charge in [-0.1, -0.05) is 18.2 Å². The summed E-state index contributed by atoms with van der Waals surface area (Å²) >= 11 is 5.86. The molecule has 1 aliphatic rings. The highest BCUT2D eigenvalue weighted by Gasteiger charge is 2.42. The number of nitro groups is 1. The van der Waals surface area contributed by atoms with Gasteiger partial charge in [-0.15, -0.1) is 0 Å². The highest BCUT2D eigenvalue weighted by atomic mass is 32.1. The molecule has 2 aromatic heterocycles. The molecule has 2 aromatic carbocycles. The second-order valence-corrected chi connectivity index (χ2v) is 9.50. The van der Waals surface area contributed by atoms with Gasteiger partial charge >= 0.3 is 0 Å². The van der Waals surface area contributed by atoms with Gasteiger partial charge in [-0.05, 0) is 86.6 Å². The summed E-state index contributed by atoms with van der Waals surface area (Å²) in [6, 6.07) is 20.6. The topological polar surface area (TPSA) is 85.5 Å². The van der Waals surface area contributed by atoms with Gasteiger partial charge in [0.2, 0.25) is 0 Å². The number of nitrogens with one attached hydrogen (secondary N) is 1. The lowest BCUT2D eigenvalue weighted by molar-refractivity contribution is -0.384. The summed E-state index contributed by atoms with van der Waals surface area (Å²) in [7, 11) is 1.50. The summed E-state index contributed by atoms with van der Waals surface area (Å²) in [5, 5.41) is 16.1. The maximum absolute atomic E-state index is 12.0. The fourth-order valence-electron chi connectivity index (χ4n) is 5.15. The highest BCUT2D eigenvalue weighted by Crippen LogP contribution is 2.44. The Labute approximate surface area is 220 Å². The van der Waals surface area contributed by atoms with E-state index in [1.165, 1.54) is 13.2 Å². The van der Waals surface area contributed by atoms with Gasteiger partial charge in [0.15, 0.2) is 5.11 Å². The number of nitrogens with zero attached hydrogens (tertiary/aromatic N) is 4. The van der Waals surface area contributed by atoms with Crippen LogP contribution < -0.4 is 15.0 Å². The van der Waals surface area contributed by atoms with Gasteiger partial charge in [-0.2, -0.15) is 0 Å². The van der Waals surface area contributed by atoms with E-state index in [0.29, 0.717) is 16.5 Å². The molecule has 1 saturated heterocycles. The second kappa shape index (κ2) is 9.67. The molecule has 0 saturated carbocycles. The fraction of sp³-hybridized carbons (Fsp3) is 0.214. The van der Waals surface area contributed by atoms with Crippen LogP contribution in [0.3, 0.4) is 0 Å². The molecule has 5 rings (SSSR count). The number of hydrogen-bond acceptors (Lipinski definition) is 5. The molecule has 37 heavy (non-hydrogen) atoms. The number of hydrogen-bond donors (Lipinski definition) is 1. The lowest BCUT2D eigenvalue weighted by atomic mass is 9.96. The summed E-state index contributed by atoms with van der Waals surface area (Å²) < 4.78 is 7.17. The Kier molecular flexibility index (Phi) is 6.39. The van der Waals surface area contributed by atoms with Crippen LogP contribution in [0.15, 0.2) is 72.9 Å². The fourth-order valence-corrected chi connectivity index (χ4v) is 5.50. The van der Waals surface area contributed by atoms with Gasteiger partial charge in [-0.25, -0.2) is 0 Å². The average molecular weight is 514 g/mol. The third-order valence-corrected chi connectivity index (χ3v) is 7.10. The first-order valence-electron chi connectivity index (χ1n) is 11.9. The summed E-state index contributed by atoms with van der Waals surface area (Å²) in [6.45, 7) is 6.00. The van der Waals surface area contributed by atoms with Gasteiger partial charge in [0.1, 0.15) is 11.4 Å². The predicted octanol–water partition coefficient (Wildman–Crippen LogP) is 5.89. The zero-order chi connectivity index (χ0) is 26.3. The van der Waals surface area contributed by atoms with Crippen molar-refractivity contribution in [2.75, 3.05) is 12.0 Å². The molecule has 0 bridgehead atoms. The molecule has 0 spiro atoms. The summed E-state index contributed by atoms with van der Waals surface area (Å²) in [6.07, 6.45) is 1.77. The molecule has 9 heteroatoms. The lowest BCUT2D eigenvalue weighted by Gasteiger charge is -2.28. The third-order valence-electron chi connectivity index (χ3n) is 6.79. The van der Waals surface area contributed by atoms with E-state index in [4.69, 9.17) is 17.0 Å². The van der Waals surface area contributed by atoms with Gasteiger partial charge in [-0.3, -0.25) is 15.1 Å².